The number of hydrogen-bond acceptors (Lipinski definition) is 6. The van der Waals surface area contributed by atoms with Gasteiger partial charge in [-0.3, -0.25) is 9.36 Å². The highest BCUT2D eigenvalue weighted by Crippen LogP contribution is 2.30. The lowest BCUT2D eigenvalue weighted by molar-refractivity contribution is -0.139. The minimum absolute atomic E-state index is 0.197. The largest absolute Gasteiger partial charge is 0.463 e. The molecule has 0 saturated carbocycles. The Morgan fingerprint density at radius 1 is 1.22 bits per heavy atom. The molecule has 0 N–H and O–H groups in total. The second kappa shape index (κ2) is 9.26. The Labute approximate surface area is 192 Å². The van der Waals surface area contributed by atoms with Crippen molar-refractivity contribution in [1.29, 1.82) is 0 Å². The molecule has 1 aromatic heterocycles. The van der Waals surface area contributed by atoms with Gasteiger partial charge in [0.15, 0.2) is 4.80 Å². The van der Waals surface area contributed by atoms with Crippen molar-refractivity contribution in [3.63, 3.8) is 0 Å². The first kappa shape index (κ1) is 22.2. The maximum Gasteiger partial charge on any atom is 0.338 e. The molecule has 0 aliphatic carbocycles. The number of thioether (sulfide) groups is 1. The zero-order valence-electron chi connectivity index (χ0n) is 17.8. The van der Waals surface area contributed by atoms with Crippen molar-refractivity contribution < 1.29 is 13.9 Å². The van der Waals surface area contributed by atoms with Crippen LogP contribution in [0.4, 0.5) is 4.39 Å². The van der Waals surface area contributed by atoms with Gasteiger partial charge >= 0.3 is 5.97 Å². The Hall–Kier alpha value is -2.97. The van der Waals surface area contributed by atoms with E-state index in [1.54, 1.807) is 37.7 Å². The summed E-state index contributed by atoms with van der Waals surface area (Å²) >= 11 is 2.91. The van der Waals surface area contributed by atoms with Crippen LogP contribution in [0.1, 0.15) is 31.0 Å². The van der Waals surface area contributed by atoms with Gasteiger partial charge in [0.05, 0.1) is 28.5 Å². The highest BCUT2D eigenvalue weighted by Gasteiger charge is 2.33. The quantitative estimate of drug-likeness (QED) is 0.424. The standard InChI is InChI=1S/C24H21FN2O3S2/c1-4-30-23(29)20-14(2)26-24-27(21(20)16-7-9-17(25)10-8-16)22(28)19(32-24)13-15-5-11-18(31-3)12-6-15/h5-13,21H,4H2,1-3H3/b19-13-/t21-/m1/s1. The molecule has 0 amide bonds. The summed E-state index contributed by atoms with van der Waals surface area (Å²) in [6, 6.07) is 13.0. The van der Waals surface area contributed by atoms with Crippen molar-refractivity contribution in [3.8, 4) is 0 Å². The number of nitrogens with zero attached hydrogens (tertiary/aromatic N) is 2. The van der Waals surface area contributed by atoms with Crippen molar-refractivity contribution in [2.45, 2.75) is 24.8 Å². The van der Waals surface area contributed by atoms with E-state index in [1.807, 2.05) is 36.6 Å². The van der Waals surface area contributed by atoms with Gasteiger partial charge in [-0.25, -0.2) is 14.2 Å². The van der Waals surface area contributed by atoms with Gasteiger partial charge < -0.3 is 4.74 Å². The summed E-state index contributed by atoms with van der Waals surface area (Å²) in [5.74, 6) is -0.932. The third-order valence-electron chi connectivity index (χ3n) is 5.12. The second-order valence-corrected chi connectivity index (χ2v) is 9.02. The van der Waals surface area contributed by atoms with Crippen LogP contribution in [0, 0.1) is 5.82 Å². The van der Waals surface area contributed by atoms with E-state index in [1.165, 1.54) is 28.0 Å². The molecule has 1 atom stereocenters. The van der Waals surface area contributed by atoms with Crippen molar-refractivity contribution >= 4 is 35.1 Å². The molecule has 2 heterocycles. The summed E-state index contributed by atoms with van der Waals surface area (Å²) in [7, 11) is 0. The molecule has 1 aliphatic heterocycles. The number of fused-ring (bicyclic) bond motifs is 1. The Bertz CT molecular complexity index is 1370. The SMILES string of the molecule is CCOC(=O)C1=C(C)N=c2s/c(=C\c3ccc(SC)cc3)c(=O)n2[C@@H]1c1ccc(F)cc1. The van der Waals surface area contributed by atoms with Crippen LogP contribution >= 0.6 is 23.1 Å². The summed E-state index contributed by atoms with van der Waals surface area (Å²) in [6.45, 7) is 3.64. The predicted molar refractivity (Wildman–Crippen MR) is 125 cm³/mol. The summed E-state index contributed by atoms with van der Waals surface area (Å²) in [6.07, 6.45) is 3.82. The van der Waals surface area contributed by atoms with Crippen LogP contribution < -0.4 is 14.9 Å². The molecular formula is C24H21FN2O3S2. The van der Waals surface area contributed by atoms with Gasteiger partial charge in [0, 0.05) is 4.90 Å². The summed E-state index contributed by atoms with van der Waals surface area (Å²) in [5.41, 5.74) is 2.01. The van der Waals surface area contributed by atoms with Crippen molar-refractivity contribution in [3.05, 3.63) is 96.4 Å². The van der Waals surface area contributed by atoms with Crippen LogP contribution in [0.25, 0.3) is 6.08 Å². The number of ether oxygens (including phenoxy) is 1. The predicted octanol–water partition coefficient (Wildman–Crippen LogP) is 3.66. The molecule has 32 heavy (non-hydrogen) atoms. The third kappa shape index (κ3) is 4.20. The highest BCUT2D eigenvalue weighted by atomic mass is 32.2. The number of esters is 1. The molecule has 8 heteroatoms. The molecule has 5 nitrogen and oxygen atoms in total. The number of carbonyl (C=O) groups is 1. The van der Waals surface area contributed by atoms with Crippen molar-refractivity contribution in [1.82, 2.24) is 4.57 Å². The van der Waals surface area contributed by atoms with Crippen molar-refractivity contribution in [2.75, 3.05) is 12.9 Å². The molecule has 2 aromatic carbocycles. The van der Waals surface area contributed by atoms with Gasteiger partial charge in [-0.05, 0) is 61.6 Å². The number of halogens is 1. The van der Waals surface area contributed by atoms with Crippen LogP contribution in [0.2, 0.25) is 0 Å². The van der Waals surface area contributed by atoms with Gasteiger partial charge in [-0.1, -0.05) is 35.6 Å². The third-order valence-corrected chi connectivity index (χ3v) is 6.84. The molecule has 0 fully saturated rings. The van der Waals surface area contributed by atoms with Gasteiger partial charge in [-0.2, -0.15) is 0 Å². The smallest absolute Gasteiger partial charge is 0.338 e. The minimum atomic E-state index is -0.744. The lowest BCUT2D eigenvalue weighted by atomic mass is 9.96. The van der Waals surface area contributed by atoms with E-state index in [0.29, 0.717) is 20.6 Å². The molecular weight excluding hydrogens is 447 g/mol. The summed E-state index contributed by atoms with van der Waals surface area (Å²) in [4.78, 5) is 32.4. The average Bonchev–Trinajstić information content (AvgIpc) is 3.08. The summed E-state index contributed by atoms with van der Waals surface area (Å²) in [5, 5.41) is 0. The van der Waals surface area contributed by atoms with Crippen molar-refractivity contribution in [2.24, 2.45) is 4.99 Å². The normalized spacial score (nSPS) is 16.0. The van der Waals surface area contributed by atoms with Gasteiger partial charge in [-0.15, -0.1) is 11.8 Å². The number of benzene rings is 2. The van der Waals surface area contributed by atoms with Gasteiger partial charge in [0.2, 0.25) is 0 Å². The lowest BCUT2D eigenvalue weighted by Gasteiger charge is -2.24. The van der Waals surface area contributed by atoms with E-state index in [9.17, 15) is 14.0 Å². The number of rotatable bonds is 5. The van der Waals surface area contributed by atoms with E-state index < -0.39 is 17.8 Å². The molecule has 0 radical (unpaired) electrons. The molecule has 164 valence electrons. The van der Waals surface area contributed by atoms with Crippen LogP contribution in [0.3, 0.4) is 0 Å². The molecule has 1 aliphatic rings. The van der Waals surface area contributed by atoms with Crippen LogP contribution in [0.15, 0.2) is 74.5 Å². The van der Waals surface area contributed by atoms with E-state index in [0.717, 1.165) is 10.5 Å². The molecule has 3 aromatic rings. The fourth-order valence-electron chi connectivity index (χ4n) is 3.60. The topological polar surface area (TPSA) is 60.7 Å². The van der Waals surface area contributed by atoms with Crippen LogP contribution in [0.5, 0.6) is 0 Å². The number of aromatic nitrogens is 1. The van der Waals surface area contributed by atoms with Gasteiger partial charge in [0.1, 0.15) is 5.82 Å². The first-order valence-corrected chi connectivity index (χ1v) is 12.1. The zero-order valence-corrected chi connectivity index (χ0v) is 19.4. The number of carbonyl (C=O) groups excluding carboxylic acids is 1. The minimum Gasteiger partial charge on any atom is -0.463 e. The molecule has 0 unspecified atom stereocenters. The number of thiazole rings is 1. The highest BCUT2D eigenvalue weighted by molar-refractivity contribution is 7.98. The Balaban J connectivity index is 1.92. The Morgan fingerprint density at radius 2 is 1.91 bits per heavy atom. The van der Waals surface area contributed by atoms with E-state index in [4.69, 9.17) is 4.74 Å². The fourth-order valence-corrected chi connectivity index (χ4v) is 5.06. The van der Waals surface area contributed by atoms with E-state index in [2.05, 4.69) is 4.99 Å². The average molecular weight is 469 g/mol. The second-order valence-electron chi connectivity index (χ2n) is 7.13. The molecule has 0 bridgehead atoms. The van der Waals surface area contributed by atoms with Crippen LogP contribution in [-0.2, 0) is 9.53 Å². The molecule has 0 saturated heterocycles. The molecule has 0 spiro atoms. The van der Waals surface area contributed by atoms with Gasteiger partial charge in [0.25, 0.3) is 5.56 Å². The number of hydrogen-bond donors (Lipinski definition) is 0. The lowest BCUT2D eigenvalue weighted by Crippen LogP contribution is -2.39. The maximum atomic E-state index is 13.6. The Kier molecular flexibility index (Phi) is 6.43. The first-order chi connectivity index (χ1) is 15.4. The fraction of sp³-hybridized carbons (Fsp3) is 0.208. The first-order valence-electron chi connectivity index (χ1n) is 10.0. The maximum absolute atomic E-state index is 13.6. The van der Waals surface area contributed by atoms with E-state index >= 15 is 0 Å². The Morgan fingerprint density at radius 3 is 2.53 bits per heavy atom. The zero-order chi connectivity index (χ0) is 22.8. The number of allylic oxidation sites excluding steroid dienone is 1. The molecule has 4 rings (SSSR count). The van der Waals surface area contributed by atoms with E-state index in [-0.39, 0.29) is 17.7 Å². The van der Waals surface area contributed by atoms with Crippen LogP contribution in [-0.4, -0.2) is 23.4 Å². The summed E-state index contributed by atoms with van der Waals surface area (Å²) < 4.78 is 20.8. The monoisotopic (exact) mass is 468 g/mol.